The molecular formula is C60H38N2. The highest BCUT2D eigenvalue weighted by atomic mass is 15.0. The van der Waals surface area contributed by atoms with E-state index in [4.69, 9.17) is 0 Å². The lowest BCUT2D eigenvalue weighted by Crippen LogP contribution is -1.94. The van der Waals surface area contributed by atoms with E-state index < -0.39 is 0 Å². The fourth-order valence-electron chi connectivity index (χ4n) is 9.99. The molecule has 0 atom stereocenters. The van der Waals surface area contributed by atoms with Crippen molar-refractivity contribution in [1.82, 2.24) is 9.13 Å². The summed E-state index contributed by atoms with van der Waals surface area (Å²) in [4.78, 5) is 0. The van der Waals surface area contributed by atoms with E-state index in [0.29, 0.717) is 0 Å². The monoisotopic (exact) mass is 786 g/mol. The van der Waals surface area contributed by atoms with Gasteiger partial charge in [-0.05, 0) is 156 Å². The molecule has 2 heteroatoms. The van der Waals surface area contributed by atoms with Crippen LogP contribution < -0.4 is 0 Å². The Morgan fingerprint density at radius 2 is 0.500 bits per heavy atom. The number of para-hydroxylation sites is 1. The van der Waals surface area contributed by atoms with Crippen molar-refractivity contribution in [2.75, 3.05) is 0 Å². The molecule has 0 fully saturated rings. The highest BCUT2D eigenvalue weighted by molar-refractivity contribution is 6.17. The van der Waals surface area contributed by atoms with E-state index in [1.807, 2.05) is 0 Å². The van der Waals surface area contributed by atoms with Gasteiger partial charge in [-0.2, -0.15) is 0 Å². The third-order valence-electron chi connectivity index (χ3n) is 13.0. The van der Waals surface area contributed by atoms with Gasteiger partial charge >= 0.3 is 0 Å². The molecule has 0 spiro atoms. The summed E-state index contributed by atoms with van der Waals surface area (Å²) in [5.41, 5.74) is 9.46. The Morgan fingerprint density at radius 1 is 0.194 bits per heavy atom. The molecule has 288 valence electrons. The lowest BCUT2D eigenvalue weighted by Gasteiger charge is -2.10. The zero-order valence-corrected chi connectivity index (χ0v) is 33.8. The lowest BCUT2D eigenvalue weighted by molar-refractivity contribution is 1.18. The summed E-state index contributed by atoms with van der Waals surface area (Å²) in [5, 5.41) is 16.9. The molecule has 0 aliphatic heterocycles. The Labute approximate surface area is 358 Å². The van der Waals surface area contributed by atoms with Crippen LogP contribution in [0.15, 0.2) is 231 Å². The standard InChI is InChI=1S/C60H38N2/c1-3-11-39(12-4-1)46-19-10-22-52(34-46)62-59-29-24-48-36-55(59)56-38-50(26-30-60(56)62)49-25-28-58-54(37-49)53-35-47(23-27-57(53)61(58)51-20-5-2-6-21-51)44-17-8-15-42(32-44)40-13-7-14-41(31-40)43-16-9-18-45(48)33-43/h1-38H. The topological polar surface area (TPSA) is 9.86 Å². The number of benzene rings is 10. The quantitative estimate of drug-likeness (QED) is 0.169. The average Bonchev–Trinajstić information content (AvgIpc) is 3.86. The second-order valence-corrected chi connectivity index (χ2v) is 16.6. The summed E-state index contributed by atoms with van der Waals surface area (Å²) in [6.45, 7) is 0. The van der Waals surface area contributed by atoms with Crippen molar-refractivity contribution in [3.8, 4) is 22.5 Å². The smallest absolute Gasteiger partial charge is 0.0541 e. The minimum atomic E-state index is 1.14. The largest absolute Gasteiger partial charge is 0.309 e. The normalized spacial score (nSPS) is 11.9. The molecule has 14 bridgehead atoms. The van der Waals surface area contributed by atoms with Crippen molar-refractivity contribution in [1.29, 1.82) is 0 Å². The Hall–Kier alpha value is -8.20. The summed E-state index contributed by atoms with van der Waals surface area (Å²) in [6.07, 6.45) is 0. The first-order chi connectivity index (χ1) is 30.7. The Morgan fingerprint density at radius 3 is 0.903 bits per heavy atom. The van der Waals surface area contributed by atoms with Crippen LogP contribution in [0.3, 0.4) is 0 Å². The van der Waals surface area contributed by atoms with Gasteiger partial charge in [-0.1, -0.05) is 140 Å². The van der Waals surface area contributed by atoms with Crippen LogP contribution in [0, 0.1) is 0 Å². The Balaban J connectivity index is 1.18. The molecule has 62 heavy (non-hydrogen) atoms. The zero-order valence-electron chi connectivity index (χ0n) is 33.8. The highest BCUT2D eigenvalue weighted by Gasteiger charge is 2.16. The van der Waals surface area contributed by atoms with Gasteiger partial charge in [0.2, 0.25) is 0 Å². The van der Waals surface area contributed by atoms with Crippen molar-refractivity contribution < 1.29 is 0 Å². The van der Waals surface area contributed by atoms with Gasteiger partial charge in [-0.25, -0.2) is 0 Å². The molecule has 0 unspecified atom stereocenters. The first-order valence-corrected chi connectivity index (χ1v) is 21.4. The van der Waals surface area contributed by atoms with Gasteiger partial charge in [0.25, 0.3) is 0 Å². The number of hydrogen-bond acceptors (Lipinski definition) is 0. The van der Waals surface area contributed by atoms with E-state index in [1.54, 1.807) is 0 Å². The van der Waals surface area contributed by atoms with Crippen LogP contribution >= 0.6 is 0 Å². The summed E-state index contributed by atoms with van der Waals surface area (Å²) in [5.74, 6) is 0. The van der Waals surface area contributed by atoms with Crippen LogP contribution in [-0.4, -0.2) is 9.13 Å². The Bertz CT molecular complexity index is 4020. The van der Waals surface area contributed by atoms with Gasteiger partial charge in [0, 0.05) is 32.9 Å². The molecular weight excluding hydrogens is 749 g/mol. The second-order valence-electron chi connectivity index (χ2n) is 16.6. The minimum absolute atomic E-state index is 1.14. The van der Waals surface area contributed by atoms with E-state index in [-0.39, 0.29) is 0 Å². The summed E-state index contributed by atoms with van der Waals surface area (Å²) in [6, 6.07) is 85.4. The molecule has 0 amide bonds. The van der Waals surface area contributed by atoms with Crippen molar-refractivity contribution in [2.24, 2.45) is 0 Å². The molecule has 2 aromatic heterocycles. The molecule has 0 radical (unpaired) electrons. The Kier molecular flexibility index (Phi) is 7.64. The van der Waals surface area contributed by atoms with Crippen LogP contribution in [0.4, 0.5) is 0 Å². The van der Waals surface area contributed by atoms with Crippen LogP contribution in [0.5, 0.6) is 0 Å². The fourth-order valence-corrected chi connectivity index (χ4v) is 9.99. The van der Waals surface area contributed by atoms with E-state index in [2.05, 4.69) is 240 Å². The van der Waals surface area contributed by atoms with Crippen molar-refractivity contribution in [3.63, 3.8) is 0 Å². The van der Waals surface area contributed by atoms with Crippen LogP contribution in [0.25, 0.3) is 120 Å². The summed E-state index contributed by atoms with van der Waals surface area (Å²) in [7, 11) is 0. The fraction of sp³-hybridized carbons (Fsp3) is 0. The van der Waals surface area contributed by atoms with Gasteiger partial charge in [0.1, 0.15) is 0 Å². The number of aromatic nitrogens is 2. The first kappa shape index (κ1) is 34.6. The number of fused-ring (bicyclic) bond motifs is 15. The maximum absolute atomic E-state index is 2.44. The molecule has 13 aromatic rings. The van der Waals surface area contributed by atoms with Crippen LogP contribution in [0.2, 0.25) is 0 Å². The molecule has 2 nitrogen and oxygen atoms in total. The van der Waals surface area contributed by atoms with Crippen molar-refractivity contribution in [3.05, 3.63) is 231 Å². The maximum Gasteiger partial charge on any atom is 0.0541 e. The summed E-state index contributed by atoms with van der Waals surface area (Å²) >= 11 is 0. The number of hydrogen-bond donors (Lipinski definition) is 0. The van der Waals surface area contributed by atoms with Gasteiger partial charge in [-0.15, -0.1) is 0 Å². The van der Waals surface area contributed by atoms with Crippen LogP contribution in [-0.2, 0) is 0 Å². The van der Waals surface area contributed by atoms with E-state index in [9.17, 15) is 0 Å². The van der Waals surface area contributed by atoms with Gasteiger partial charge in [0.15, 0.2) is 0 Å². The molecule has 0 saturated heterocycles. The van der Waals surface area contributed by atoms with Gasteiger partial charge in [0.05, 0.1) is 22.1 Å². The van der Waals surface area contributed by atoms with E-state index in [0.717, 1.165) is 11.4 Å². The summed E-state index contributed by atoms with van der Waals surface area (Å²) < 4.78 is 4.85. The molecule has 13 rings (SSSR count). The second kappa shape index (κ2) is 13.7. The number of rotatable bonds is 3. The molecule has 0 saturated carbocycles. The van der Waals surface area contributed by atoms with Crippen molar-refractivity contribution in [2.45, 2.75) is 0 Å². The molecule has 0 N–H and O–H groups in total. The van der Waals surface area contributed by atoms with E-state index >= 15 is 0 Å². The maximum atomic E-state index is 2.44. The van der Waals surface area contributed by atoms with E-state index in [1.165, 1.54) is 109 Å². The van der Waals surface area contributed by atoms with Gasteiger partial charge < -0.3 is 9.13 Å². The molecule has 11 aromatic carbocycles. The molecule has 2 heterocycles. The molecule has 0 aliphatic rings. The predicted octanol–water partition coefficient (Wildman–Crippen LogP) is 16.4. The third kappa shape index (κ3) is 5.51. The minimum Gasteiger partial charge on any atom is -0.309 e. The molecule has 0 aliphatic carbocycles. The van der Waals surface area contributed by atoms with Gasteiger partial charge in [-0.3, -0.25) is 0 Å². The van der Waals surface area contributed by atoms with Crippen molar-refractivity contribution >= 4 is 97.5 Å². The third-order valence-corrected chi connectivity index (χ3v) is 13.0. The average molecular weight is 787 g/mol. The predicted molar refractivity (Wildman–Crippen MR) is 266 cm³/mol. The SMILES string of the molecule is c1ccc(-c2cccc(-n3c4ccc5cc4c4cc(ccc43)c3ccc4c(c3)c3cc(ccc3n4-c3ccccc3)c3cccc(c3)c3cccc(c3)c3cccc5c3)c2)cc1. The van der Waals surface area contributed by atoms with Crippen LogP contribution in [0.1, 0.15) is 0 Å². The zero-order chi connectivity index (χ0) is 40.7. The lowest BCUT2D eigenvalue weighted by atomic mass is 10.0. The number of nitrogens with zero attached hydrogens (tertiary/aromatic N) is 2. The highest BCUT2D eigenvalue weighted by Crippen LogP contribution is 2.39. The first-order valence-electron chi connectivity index (χ1n) is 21.4.